The zero-order valence-corrected chi connectivity index (χ0v) is 17.0. The molecule has 0 spiro atoms. The van der Waals surface area contributed by atoms with E-state index < -0.39 is 0 Å². The van der Waals surface area contributed by atoms with Gasteiger partial charge < -0.3 is 9.88 Å². The molecule has 0 fully saturated rings. The number of halogens is 2. The van der Waals surface area contributed by atoms with Crippen LogP contribution in [0.15, 0.2) is 83.9 Å². The molecule has 0 aliphatic carbocycles. The van der Waals surface area contributed by atoms with E-state index in [2.05, 4.69) is 22.1 Å². The Bertz CT molecular complexity index is 1170. The Morgan fingerprint density at radius 3 is 2.53 bits per heavy atom. The number of carbonyl (C=O) groups is 1. The van der Waals surface area contributed by atoms with Crippen molar-refractivity contribution in [1.29, 1.82) is 0 Å². The van der Waals surface area contributed by atoms with Crippen molar-refractivity contribution in [2.24, 2.45) is 0 Å². The molecule has 152 valence electrons. The molecule has 0 unspecified atom stereocenters. The SMILES string of the molecule is O=C(NCCn1cc(SCc2cccc(F)c2)c2ccccc21)c1ccc(F)cc1. The molecule has 3 nitrogen and oxygen atoms in total. The maximum absolute atomic E-state index is 13.4. The Kier molecular flexibility index (Phi) is 6.14. The fourth-order valence-electron chi connectivity index (χ4n) is 3.29. The van der Waals surface area contributed by atoms with E-state index in [0.29, 0.717) is 24.4 Å². The zero-order valence-electron chi connectivity index (χ0n) is 16.1. The molecule has 0 radical (unpaired) electrons. The molecule has 1 amide bonds. The quantitative estimate of drug-likeness (QED) is 0.391. The highest BCUT2D eigenvalue weighted by molar-refractivity contribution is 7.98. The number of para-hydroxylation sites is 1. The van der Waals surface area contributed by atoms with Gasteiger partial charge in [-0.15, -0.1) is 11.8 Å². The topological polar surface area (TPSA) is 34.0 Å². The van der Waals surface area contributed by atoms with Gasteiger partial charge in [-0.3, -0.25) is 4.79 Å². The summed E-state index contributed by atoms with van der Waals surface area (Å²) in [6, 6.07) is 20.2. The van der Waals surface area contributed by atoms with Crippen LogP contribution in [0.4, 0.5) is 8.78 Å². The molecule has 4 rings (SSSR count). The zero-order chi connectivity index (χ0) is 20.9. The van der Waals surface area contributed by atoms with Crippen molar-refractivity contribution in [2.45, 2.75) is 17.2 Å². The number of fused-ring (bicyclic) bond motifs is 1. The van der Waals surface area contributed by atoms with Crippen molar-refractivity contribution in [1.82, 2.24) is 9.88 Å². The lowest BCUT2D eigenvalue weighted by Gasteiger charge is -2.07. The molecular formula is C24H20F2N2OS. The molecule has 0 bridgehead atoms. The Labute approximate surface area is 177 Å². The van der Waals surface area contributed by atoms with E-state index in [1.807, 2.05) is 24.3 Å². The maximum Gasteiger partial charge on any atom is 0.251 e. The molecule has 30 heavy (non-hydrogen) atoms. The molecule has 6 heteroatoms. The molecule has 0 atom stereocenters. The number of hydrogen-bond acceptors (Lipinski definition) is 2. The Morgan fingerprint density at radius 2 is 1.73 bits per heavy atom. The minimum Gasteiger partial charge on any atom is -0.350 e. The number of aromatic nitrogens is 1. The fraction of sp³-hybridized carbons (Fsp3) is 0.125. The standard InChI is InChI=1S/C24H20F2N2OS/c25-19-10-8-18(9-11-19)24(29)27-12-13-28-15-23(21-6-1-2-7-22(21)28)30-16-17-4-3-5-20(26)14-17/h1-11,14-15H,12-13,16H2,(H,27,29). The summed E-state index contributed by atoms with van der Waals surface area (Å²) < 4.78 is 28.5. The molecular weight excluding hydrogens is 402 g/mol. The van der Waals surface area contributed by atoms with E-state index in [4.69, 9.17) is 0 Å². The van der Waals surface area contributed by atoms with Crippen molar-refractivity contribution < 1.29 is 13.6 Å². The van der Waals surface area contributed by atoms with E-state index >= 15 is 0 Å². The largest absolute Gasteiger partial charge is 0.350 e. The number of carbonyl (C=O) groups excluding carboxylic acids is 1. The summed E-state index contributed by atoms with van der Waals surface area (Å²) in [5, 5.41) is 4.00. The lowest BCUT2D eigenvalue weighted by atomic mass is 10.2. The van der Waals surface area contributed by atoms with Crippen LogP contribution in [-0.4, -0.2) is 17.0 Å². The molecule has 0 saturated heterocycles. The summed E-state index contributed by atoms with van der Waals surface area (Å²) in [6.45, 7) is 1.05. The normalized spacial score (nSPS) is 11.0. The van der Waals surface area contributed by atoms with E-state index in [-0.39, 0.29) is 17.5 Å². The summed E-state index contributed by atoms with van der Waals surface area (Å²) in [4.78, 5) is 13.3. The third-order valence-corrected chi connectivity index (χ3v) is 5.89. The van der Waals surface area contributed by atoms with Gasteiger partial charge in [0, 0.05) is 46.4 Å². The molecule has 1 heterocycles. The van der Waals surface area contributed by atoms with E-state index in [1.165, 1.54) is 30.3 Å². The first kappa shape index (κ1) is 20.2. The first-order valence-corrected chi connectivity index (χ1v) is 10.6. The minimum absolute atomic E-state index is 0.229. The molecule has 1 aromatic heterocycles. The van der Waals surface area contributed by atoms with Crippen molar-refractivity contribution in [3.8, 4) is 0 Å². The lowest BCUT2D eigenvalue weighted by molar-refractivity contribution is 0.0952. The van der Waals surface area contributed by atoms with Crippen LogP contribution in [0.5, 0.6) is 0 Å². The van der Waals surface area contributed by atoms with E-state index in [0.717, 1.165) is 21.4 Å². The van der Waals surface area contributed by atoms with Gasteiger partial charge in [0.25, 0.3) is 5.91 Å². The number of benzene rings is 3. The van der Waals surface area contributed by atoms with Crippen molar-refractivity contribution >= 4 is 28.6 Å². The Hall–Kier alpha value is -3.12. The third kappa shape index (κ3) is 4.71. The molecule has 0 aliphatic rings. The number of nitrogens with zero attached hydrogens (tertiary/aromatic N) is 1. The lowest BCUT2D eigenvalue weighted by Crippen LogP contribution is -2.27. The van der Waals surface area contributed by atoms with Gasteiger partial charge >= 0.3 is 0 Å². The van der Waals surface area contributed by atoms with Crippen molar-refractivity contribution in [3.05, 3.63) is 102 Å². The highest BCUT2D eigenvalue weighted by Crippen LogP contribution is 2.32. The Morgan fingerprint density at radius 1 is 0.933 bits per heavy atom. The second-order valence-electron chi connectivity index (χ2n) is 6.89. The predicted molar refractivity (Wildman–Crippen MR) is 117 cm³/mol. The number of nitrogens with one attached hydrogen (secondary N) is 1. The van der Waals surface area contributed by atoms with Crippen LogP contribution in [0, 0.1) is 11.6 Å². The summed E-state index contributed by atoms with van der Waals surface area (Å²) in [6.07, 6.45) is 2.07. The number of rotatable bonds is 7. The molecule has 0 saturated carbocycles. The highest BCUT2D eigenvalue weighted by Gasteiger charge is 2.10. The molecule has 4 aromatic rings. The second kappa shape index (κ2) is 9.13. The smallest absolute Gasteiger partial charge is 0.251 e. The van der Waals surface area contributed by atoms with Crippen LogP contribution in [0.3, 0.4) is 0 Å². The van der Waals surface area contributed by atoms with Gasteiger partial charge in [-0.25, -0.2) is 8.78 Å². The van der Waals surface area contributed by atoms with Crippen LogP contribution in [0.25, 0.3) is 10.9 Å². The van der Waals surface area contributed by atoms with Gasteiger partial charge in [0.2, 0.25) is 0 Å². The van der Waals surface area contributed by atoms with Crippen LogP contribution in [0.2, 0.25) is 0 Å². The summed E-state index contributed by atoms with van der Waals surface area (Å²) >= 11 is 1.66. The van der Waals surface area contributed by atoms with Crippen molar-refractivity contribution in [3.63, 3.8) is 0 Å². The third-order valence-electron chi connectivity index (χ3n) is 4.78. The molecule has 1 N–H and O–H groups in total. The first-order chi connectivity index (χ1) is 14.6. The average Bonchev–Trinajstić information content (AvgIpc) is 3.11. The van der Waals surface area contributed by atoms with Gasteiger partial charge in [0.05, 0.1) is 0 Å². The highest BCUT2D eigenvalue weighted by atomic mass is 32.2. The molecule has 0 aliphatic heterocycles. The number of thioether (sulfide) groups is 1. The number of hydrogen-bond donors (Lipinski definition) is 1. The van der Waals surface area contributed by atoms with Crippen LogP contribution in [-0.2, 0) is 12.3 Å². The van der Waals surface area contributed by atoms with Crippen LogP contribution >= 0.6 is 11.8 Å². The van der Waals surface area contributed by atoms with Gasteiger partial charge in [0.15, 0.2) is 0 Å². The molecule has 3 aromatic carbocycles. The Balaban J connectivity index is 1.44. The van der Waals surface area contributed by atoms with Crippen LogP contribution in [0.1, 0.15) is 15.9 Å². The fourth-order valence-corrected chi connectivity index (χ4v) is 4.33. The summed E-state index contributed by atoms with van der Waals surface area (Å²) in [7, 11) is 0. The minimum atomic E-state index is -0.367. The second-order valence-corrected chi connectivity index (χ2v) is 7.90. The van der Waals surface area contributed by atoms with E-state index in [9.17, 15) is 13.6 Å². The van der Waals surface area contributed by atoms with Gasteiger partial charge in [-0.1, -0.05) is 30.3 Å². The van der Waals surface area contributed by atoms with Gasteiger partial charge in [-0.05, 0) is 48.0 Å². The van der Waals surface area contributed by atoms with Crippen LogP contribution < -0.4 is 5.32 Å². The average molecular weight is 423 g/mol. The number of amides is 1. The first-order valence-electron chi connectivity index (χ1n) is 9.59. The monoisotopic (exact) mass is 422 g/mol. The van der Waals surface area contributed by atoms with Crippen molar-refractivity contribution in [2.75, 3.05) is 6.54 Å². The summed E-state index contributed by atoms with van der Waals surface area (Å²) in [5.41, 5.74) is 2.44. The predicted octanol–water partition coefficient (Wildman–Crippen LogP) is 5.64. The maximum atomic E-state index is 13.4. The summed E-state index contributed by atoms with van der Waals surface area (Å²) in [5.74, 6) is -0.152. The van der Waals surface area contributed by atoms with Gasteiger partial charge in [-0.2, -0.15) is 0 Å². The van der Waals surface area contributed by atoms with E-state index in [1.54, 1.807) is 23.9 Å². The van der Waals surface area contributed by atoms with Gasteiger partial charge in [0.1, 0.15) is 11.6 Å².